The molecule has 0 unspecified atom stereocenters. The Morgan fingerprint density at radius 1 is 0.917 bits per heavy atom. The largest absolute Gasteiger partial charge is 0.497 e. The normalized spacial score (nSPS) is 10.0. The fraction of sp³-hybridized carbons (Fsp3) is 0.316. The van der Waals surface area contributed by atoms with Crippen LogP contribution in [0, 0.1) is 0 Å². The summed E-state index contributed by atoms with van der Waals surface area (Å²) in [6.45, 7) is 1.76. The molecule has 2 aromatic carbocycles. The number of methoxy groups -OCH3 is 1. The van der Waals surface area contributed by atoms with Gasteiger partial charge in [0.1, 0.15) is 11.5 Å². The van der Waals surface area contributed by atoms with Crippen molar-refractivity contribution in [2.45, 2.75) is 12.8 Å². The van der Waals surface area contributed by atoms with Gasteiger partial charge in [-0.05, 0) is 42.7 Å². The van der Waals surface area contributed by atoms with E-state index in [-0.39, 0.29) is 6.03 Å². The molecule has 5 heteroatoms. The summed E-state index contributed by atoms with van der Waals surface area (Å²) >= 11 is 0. The van der Waals surface area contributed by atoms with Crippen molar-refractivity contribution in [3.63, 3.8) is 0 Å². The molecule has 0 aliphatic rings. The average molecular weight is 328 g/mol. The second-order valence-corrected chi connectivity index (χ2v) is 5.30. The molecule has 128 valence electrons. The van der Waals surface area contributed by atoms with Crippen LogP contribution in [0.1, 0.15) is 12.0 Å². The third-order valence-electron chi connectivity index (χ3n) is 3.48. The van der Waals surface area contributed by atoms with Crippen molar-refractivity contribution in [3.8, 4) is 11.5 Å². The standard InChI is InChI=1S/C19H24N2O3/c1-23-17-10-8-16(9-11-17)12-14-21-19(22)20-13-5-15-24-18-6-3-2-4-7-18/h2-4,6-11H,5,12-15H2,1H3,(H2,20,21,22). The summed E-state index contributed by atoms with van der Waals surface area (Å²) < 4.78 is 10.7. The number of para-hydroxylation sites is 1. The first-order valence-corrected chi connectivity index (χ1v) is 8.10. The maximum atomic E-state index is 11.7. The molecule has 0 heterocycles. The molecule has 5 nitrogen and oxygen atoms in total. The van der Waals surface area contributed by atoms with Gasteiger partial charge in [0.15, 0.2) is 0 Å². The van der Waals surface area contributed by atoms with E-state index in [0.29, 0.717) is 19.7 Å². The number of rotatable bonds is 9. The number of carbonyl (C=O) groups excluding carboxylic acids is 1. The third kappa shape index (κ3) is 6.60. The highest BCUT2D eigenvalue weighted by Gasteiger charge is 2.00. The minimum Gasteiger partial charge on any atom is -0.497 e. The summed E-state index contributed by atoms with van der Waals surface area (Å²) in [6.07, 6.45) is 1.55. The van der Waals surface area contributed by atoms with Gasteiger partial charge in [-0.1, -0.05) is 30.3 Å². The Balaban J connectivity index is 1.51. The van der Waals surface area contributed by atoms with E-state index in [1.165, 1.54) is 0 Å². The topological polar surface area (TPSA) is 59.6 Å². The van der Waals surface area contributed by atoms with Gasteiger partial charge in [-0.15, -0.1) is 0 Å². The average Bonchev–Trinajstić information content (AvgIpc) is 2.63. The molecule has 2 aromatic rings. The number of hydrogen-bond acceptors (Lipinski definition) is 3. The van der Waals surface area contributed by atoms with Crippen LogP contribution in [0.2, 0.25) is 0 Å². The molecule has 0 spiro atoms. The van der Waals surface area contributed by atoms with E-state index in [4.69, 9.17) is 9.47 Å². The highest BCUT2D eigenvalue weighted by Crippen LogP contribution is 2.11. The number of carbonyl (C=O) groups is 1. The van der Waals surface area contributed by atoms with E-state index >= 15 is 0 Å². The van der Waals surface area contributed by atoms with Crippen LogP contribution >= 0.6 is 0 Å². The molecule has 0 fully saturated rings. The van der Waals surface area contributed by atoms with Gasteiger partial charge in [-0.2, -0.15) is 0 Å². The van der Waals surface area contributed by atoms with Crippen LogP contribution in [-0.2, 0) is 6.42 Å². The van der Waals surface area contributed by atoms with Crippen LogP contribution in [0.5, 0.6) is 11.5 Å². The fourth-order valence-corrected chi connectivity index (χ4v) is 2.16. The minimum absolute atomic E-state index is 0.150. The van der Waals surface area contributed by atoms with Crippen LogP contribution in [0.15, 0.2) is 54.6 Å². The number of benzene rings is 2. The number of ether oxygens (including phenoxy) is 2. The van der Waals surface area contributed by atoms with E-state index in [1.54, 1.807) is 7.11 Å². The molecular weight excluding hydrogens is 304 g/mol. The number of hydrogen-bond donors (Lipinski definition) is 2. The summed E-state index contributed by atoms with van der Waals surface area (Å²) in [5.41, 5.74) is 1.16. The number of urea groups is 1. The van der Waals surface area contributed by atoms with Crippen molar-refractivity contribution in [1.29, 1.82) is 0 Å². The molecular formula is C19H24N2O3. The summed E-state index contributed by atoms with van der Waals surface area (Å²) in [5.74, 6) is 1.68. The first-order chi connectivity index (χ1) is 11.8. The van der Waals surface area contributed by atoms with Crippen molar-refractivity contribution < 1.29 is 14.3 Å². The lowest BCUT2D eigenvalue weighted by atomic mass is 10.1. The van der Waals surface area contributed by atoms with E-state index in [0.717, 1.165) is 29.9 Å². The molecule has 0 saturated carbocycles. The number of amides is 2. The molecule has 24 heavy (non-hydrogen) atoms. The molecule has 2 amide bonds. The predicted molar refractivity (Wildman–Crippen MR) is 94.7 cm³/mol. The highest BCUT2D eigenvalue weighted by atomic mass is 16.5. The Morgan fingerprint density at radius 3 is 2.33 bits per heavy atom. The van der Waals surface area contributed by atoms with Crippen molar-refractivity contribution in [3.05, 3.63) is 60.2 Å². The highest BCUT2D eigenvalue weighted by molar-refractivity contribution is 5.73. The van der Waals surface area contributed by atoms with Gasteiger partial charge in [0, 0.05) is 13.1 Å². The maximum Gasteiger partial charge on any atom is 0.314 e. The lowest BCUT2D eigenvalue weighted by Crippen LogP contribution is -2.37. The van der Waals surface area contributed by atoms with Gasteiger partial charge < -0.3 is 20.1 Å². The second kappa shape index (κ2) is 10.2. The van der Waals surface area contributed by atoms with Crippen LogP contribution < -0.4 is 20.1 Å². The zero-order valence-corrected chi connectivity index (χ0v) is 14.0. The third-order valence-corrected chi connectivity index (χ3v) is 3.48. The molecule has 2 N–H and O–H groups in total. The molecule has 0 radical (unpaired) electrons. The lowest BCUT2D eigenvalue weighted by Gasteiger charge is -2.09. The molecule has 0 aliphatic carbocycles. The van der Waals surface area contributed by atoms with Crippen LogP contribution in [-0.4, -0.2) is 32.8 Å². The van der Waals surface area contributed by atoms with E-state index in [1.807, 2.05) is 54.6 Å². The Kier molecular flexibility index (Phi) is 7.47. The van der Waals surface area contributed by atoms with Crippen LogP contribution in [0.4, 0.5) is 4.79 Å². The molecule has 0 saturated heterocycles. The van der Waals surface area contributed by atoms with Crippen molar-refractivity contribution in [1.82, 2.24) is 10.6 Å². The van der Waals surface area contributed by atoms with Gasteiger partial charge in [0.05, 0.1) is 13.7 Å². The zero-order chi connectivity index (χ0) is 17.0. The summed E-state index contributed by atoms with van der Waals surface area (Å²) in [5, 5.41) is 5.67. The molecule has 0 aliphatic heterocycles. The van der Waals surface area contributed by atoms with Crippen LogP contribution in [0.3, 0.4) is 0 Å². The van der Waals surface area contributed by atoms with E-state index in [2.05, 4.69) is 10.6 Å². The predicted octanol–water partition coefficient (Wildman–Crippen LogP) is 3.01. The SMILES string of the molecule is COc1ccc(CCNC(=O)NCCCOc2ccccc2)cc1. The Bertz CT molecular complexity index is 600. The van der Waals surface area contributed by atoms with Gasteiger partial charge >= 0.3 is 6.03 Å². The first kappa shape index (κ1) is 17.7. The van der Waals surface area contributed by atoms with Gasteiger partial charge in [-0.25, -0.2) is 4.79 Å². The van der Waals surface area contributed by atoms with Gasteiger partial charge in [0.2, 0.25) is 0 Å². The Labute approximate surface area is 143 Å². The molecule has 0 aromatic heterocycles. The summed E-state index contributed by atoms with van der Waals surface area (Å²) in [6, 6.07) is 17.3. The van der Waals surface area contributed by atoms with E-state index in [9.17, 15) is 4.79 Å². The van der Waals surface area contributed by atoms with E-state index < -0.39 is 0 Å². The molecule has 2 rings (SSSR count). The molecule has 0 bridgehead atoms. The smallest absolute Gasteiger partial charge is 0.314 e. The van der Waals surface area contributed by atoms with Crippen molar-refractivity contribution in [2.24, 2.45) is 0 Å². The van der Waals surface area contributed by atoms with Gasteiger partial charge in [0.25, 0.3) is 0 Å². The summed E-state index contributed by atoms with van der Waals surface area (Å²) in [7, 11) is 1.64. The fourth-order valence-electron chi connectivity index (χ4n) is 2.16. The second-order valence-electron chi connectivity index (χ2n) is 5.30. The minimum atomic E-state index is -0.150. The quantitative estimate of drug-likeness (QED) is 0.696. The summed E-state index contributed by atoms with van der Waals surface area (Å²) in [4.78, 5) is 11.7. The zero-order valence-electron chi connectivity index (χ0n) is 14.0. The van der Waals surface area contributed by atoms with Crippen LogP contribution in [0.25, 0.3) is 0 Å². The number of nitrogens with one attached hydrogen (secondary N) is 2. The first-order valence-electron chi connectivity index (χ1n) is 8.10. The van der Waals surface area contributed by atoms with Gasteiger partial charge in [-0.3, -0.25) is 0 Å². The monoisotopic (exact) mass is 328 g/mol. The van der Waals surface area contributed by atoms with Crippen molar-refractivity contribution in [2.75, 3.05) is 26.8 Å². The Hall–Kier alpha value is -2.69. The lowest BCUT2D eigenvalue weighted by molar-refractivity contribution is 0.239. The maximum absolute atomic E-state index is 11.7. The van der Waals surface area contributed by atoms with Crippen molar-refractivity contribution >= 4 is 6.03 Å². The molecule has 0 atom stereocenters. The Morgan fingerprint density at radius 2 is 1.62 bits per heavy atom.